The number of rotatable bonds is 1. The van der Waals surface area contributed by atoms with Gasteiger partial charge in [-0.2, -0.15) is 0 Å². The summed E-state index contributed by atoms with van der Waals surface area (Å²) in [5, 5.41) is 0.673. The first-order chi connectivity index (χ1) is 8.25. The van der Waals surface area contributed by atoms with Gasteiger partial charge in [-0.3, -0.25) is 0 Å². The van der Waals surface area contributed by atoms with E-state index in [2.05, 4.69) is 25.9 Å². The second-order valence-corrected chi connectivity index (χ2v) is 4.94. The van der Waals surface area contributed by atoms with Gasteiger partial charge in [0.15, 0.2) is 0 Å². The number of benzene rings is 2. The van der Waals surface area contributed by atoms with E-state index in [0.717, 1.165) is 26.9 Å². The molecular weight excluding hydrogens is 300 g/mol. The van der Waals surface area contributed by atoms with Crippen LogP contribution in [0.4, 0.5) is 0 Å². The lowest BCUT2D eigenvalue weighted by Crippen LogP contribution is -1.82. The van der Waals surface area contributed by atoms with E-state index in [1.165, 1.54) is 0 Å². The van der Waals surface area contributed by atoms with Crippen LogP contribution in [-0.2, 0) is 0 Å². The molecule has 1 aromatic heterocycles. The number of hydrogen-bond acceptors (Lipinski definition) is 1. The Labute approximate surface area is 112 Å². The van der Waals surface area contributed by atoms with Crippen molar-refractivity contribution < 1.29 is 0 Å². The highest BCUT2D eigenvalue weighted by Gasteiger charge is 2.10. The van der Waals surface area contributed by atoms with Crippen molar-refractivity contribution in [2.45, 2.75) is 0 Å². The van der Waals surface area contributed by atoms with Crippen LogP contribution in [0.2, 0.25) is 5.02 Å². The molecule has 2 aromatic carbocycles. The van der Waals surface area contributed by atoms with Crippen LogP contribution in [0.25, 0.3) is 22.4 Å². The highest BCUT2D eigenvalue weighted by molar-refractivity contribution is 9.10. The summed E-state index contributed by atoms with van der Waals surface area (Å²) in [6.45, 7) is 0. The lowest BCUT2D eigenvalue weighted by molar-refractivity contribution is 1.33. The number of aromatic amines is 1. The van der Waals surface area contributed by atoms with E-state index in [-0.39, 0.29) is 0 Å². The van der Waals surface area contributed by atoms with E-state index in [9.17, 15) is 0 Å². The van der Waals surface area contributed by atoms with E-state index < -0.39 is 0 Å². The minimum Gasteiger partial charge on any atom is -0.338 e. The smallest absolute Gasteiger partial charge is 0.140 e. The van der Waals surface area contributed by atoms with Crippen molar-refractivity contribution >= 4 is 38.6 Å². The Morgan fingerprint density at radius 1 is 1.06 bits per heavy atom. The Morgan fingerprint density at radius 3 is 2.71 bits per heavy atom. The Hall–Kier alpha value is -1.32. The second kappa shape index (κ2) is 4.17. The van der Waals surface area contributed by atoms with Gasteiger partial charge in [-0.05, 0) is 40.2 Å². The fourth-order valence-corrected chi connectivity index (χ4v) is 2.35. The van der Waals surface area contributed by atoms with Crippen LogP contribution in [0.5, 0.6) is 0 Å². The number of fused-ring (bicyclic) bond motifs is 1. The summed E-state index contributed by atoms with van der Waals surface area (Å²) in [5.41, 5.74) is 2.86. The van der Waals surface area contributed by atoms with Gasteiger partial charge >= 0.3 is 0 Å². The third-order valence-electron chi connectivity index (χ3n) is 2.60. The fourth-order valence-electron chi connectivity index (χ4n) is 1.77. The predicted molar refractivity (Wildman–Crippen MR) is 74.2 cm³/mol. The number of hydrogen-bond donors (Lipinski definition) is 1. The number of nitrogens with zero attached hydrogens (tertiary/aromatic N) is 1. The molecule has 0 unspecified atom stereocenters. The van der Waals surface area contributed by atoms with E-state index >= 15 is 0 Å². The first-order valence-corrected chi connectivity index (χ1v) is 6.32. The molecule has 0 radical (unpaired) electrons. The molecule has 0 spiro atoms. The van der Waals surface area contributed by atoms with Crippen molar-refractivity contribution in [1.82, 2.24) is 9.97 Å². The minimum atomic E-state index is 0.673. The van der Waals surface area contributed by atoms with Crippen LogP contribution >= 0.6 is 27.5 Å². The SMILES string of the molecule is Clc1c(Br)cccc1-c1nc2ccccc2[nH]1. The summed E-state index contributed by atoms with van der Waals surface area (Å²) in [7, 11) is 0. The van der Waals surface area contributed by atoms with Gasteiger partial charge in [0.05, 0.1) is 16.1 Å². The van der Waals surface area contributed by atoms with Crippen LogP contribution in [0.3, 0.4) is 0 Å². The zero-order valence-electron chi connectivity index (χ0n) is 8.74. The van der Waals surface area contributed by atoms with E-state index in [1.54, 1.807) is 0 Å². The van der Waals surface area contributed by atoms with Gasteiger partial charge in [0, 0.05) is 10.0 Å². The van der Waals surface area contributed by atoms with Crippen LogP contribution in [-0.4, -0.2) is 9.97 Å². The molecule has 0 saturated heterocycles. The number of para-hydroxylation sites is 2. The van der Waals surface area contributed by atoms with Crippen LogP contribution in [0.1, 0.15) is 0 Å². The molecule has 4 heteroatoms. The summed E-state index contributed by atoms with van der Waals surface area (Å²) in [6.07, 6.45) is 0. The topological polar surface area (TPSA) is 28.7 Å². The highest BCUT2D eigenvalue weighted by Crippen LogP contribution is 2.32. The van der Waals surface area contributed by atoms with Crippen molar-refractivity contribution in [2.75, 3.05) is 0 Å². The fraction of sp³-hybridized carbons (Fsp3) is 0. The van der Waals surface area contributed by atoms with Gasteiger partial charge in [-0.1, -0.05) is 29.8 Å². The average Bonchev–Trinajstić information content (AvgIpc) is 2.76. The molecule has 0 amide bonds. The van der Waals surface area contributed by atoms with Crippen molar-refractivity contribution in [2.24, 2.45) is 0 Å². The Morgan fingerprint density at radius 2 is 1.88 bits per heavy atom. The van der Waals surface area contributed by atoms with E-state index in [1.807, 2.05) is 42.5 Å². The molecule has 2 nitrogen and oxygen atoms in total. The molecule has 3 rings (SSSR count). The van der Waals surface area contributed by atoms with Crippen LogP contribution in [0, 0.1) is 0 Å². The second-order valence-electron chi connectivity index (χ2n) is 3.70. The van der Waals surface area contributed by atoms with Crippen LogP contribution < -0.4 is 0 Å². The highest BCUT2D eigenvalue weighted by atomic mass is 79.9. The number of nitrogens with one attached hydrogen (secondary N) is 1. The van der Waals surface area contributed by atoms with Gasteiger partial charge in [0.25, 0.3) is 0 Å². The van der Waals surface area contributed by atoms with Gasteiger partial charge in [0.1, 0.15) is 5.82 Å². The molecule has 1 heterocycles. The molecule has 3 aromatic rings. The largest absolute Gasteiger partial charge is 0.338 e. The van der Waals surface area contributed by atoms with Crippen LogP contribution in [0.15, 0.2) is 46.9 Å². The first-order valence-electron chi connectivity index (χ1n) is 5.15. The zero-order valence-corrected chi connectivity index (χ0v) is 11.1. The molecule has 0 aliphatic heterocycles. The maximum atomic E-state index is 6.25. The quantitative estimate of drug-likeness (QED) is 0.697. The standard InChI is InChI=1S/C13H8BrClN2/c14-9-5-3-4-8(12(9)15)13-16-10-6-1-2-7-11(10)17-13/h1-7H,(H,16,17). The Kier molecular flexibility index (Phi) is 2.65. The summed E-state index contributed by atoms with van der Waals surface area (Å²) < 4.78 is 0.872. The van der Waals surface area contributed by atoms with Crippen molar-refractivity contribution in [3.63, 3.8) is 0 Å². The predicted octanol–water partition coefficient (Wildman–Crippen LogP) is 4.65. The van der Waals surface area contributed by atoms with E-state index in [4.69, 9.17) is 11.6 Å². The van der Waals surface area contributed by atoms with Crippen molar-refractivity contribution in [3.05, 3.63) is 52.0 Å². The molecule has 1 N–H and O–H groups in total. The minimum absolute atomic E-state index is 0.673. The van der Waals surface area contributed by atoms with Gasteiger partial charge < -0.3 is 4.98 Å². The average molecular weight is 308 g/mol. The normalized spacial score (nSPS) is 10.9. The maximum Gasteiger partial charge on any atom is 0.140 e. The van der Waals surface area contributed by atoms with Gasteiger partial charge in [0.2, 0.25) is 0 Å². The lowest BCUT2D eigenvalue weighted by atomic mass is 10.2. The lowest BCUT2D eigenvalue weighted by Gasteiger charge is -2.01. The molecular formula is C13H8BrClN2. The summed E-state index contributed by atoms with van der Waals surface area (Å²) in [5.74, 6) is 0.789. The Bertz CT molecular complexity index is 658. The molecule has 0 fully saturated rings. The summed E-state index contributed by atoms with van der Waals surface area (Å²) in [6, 6.07) is 13.7. The molecule has 0 aliphatic carbocycles. The molecule has 0 saturated carbocycles. The monoisotopic (exact) mass is 306 g/mol. The van der Waals surface area contributed by atoms with Crippen molar-refractivity contribution in [1.29, 1.82) is 0 Å². The Balaban J connectivity index is 2.24. The number of halogens is 2. The molecule has 17 heavy (non-hydrogen) atoms. The third kappa shape index (κ3) is 1.85. The van der Waals surface area contributed by atoms with Gasteiger partial charge in [-0.25, -0.2) is 4.98 Å². The molecule has 0 atom stereocenters. The third-order valence-corrected chi connectivity index (χ3v) is 3.89. The maximum absolute atomic E-state index is 6.25. The molecule has 0 aliphatic rings. The first kappa shape index (κ1) is 10.8. The number of aromatic nitrogens is 2. The molecule has 84 valence electrons. The van der Waals surface area contributed by atoms with E-state index in [0.29, 0.717) is 5.02 Å². The molecule has 0 bridgehead atoms. The van der Waals surface area contributed by atoms with Crippen molar-refractivity contribution in [3.8, 4) is 11.4 Å². The number of imidazole rings is 1. The summed E-state index contributed by atoms with van der Waals surface area (Å²) in [4.78, 5) is 7.79. The number of H-pyrrole nitrogens is 1. The summed E-state index contributed by atoms with van der Waals surface area (Å²) >= 11 is 9.66. The zero-order chi connectivity index (χ0) is 11.8. The van der Waals surface area contributed by atoms with Gasteiger partial charge in [-0.15, -0.1) is 0 Å².